The second-order valence-electron chi connectivity index (χ2n) is 4.86. The molecule has 0 aliphatic carbocycles. The van der Waals surface area contributed by atoms with Gasteiger partial charge in [0.1, 0.15) is 0 Å². The molecule has 0 spiro atoms. The van der Waals surface area contributed by atoms with Crippen molar-refractivity contribution in [2.75, 3.05) is 0 Å². The summed E-state index contributed by atoms with van der Waals surface area (Å²) >= 11 is 0. The van der Waals surface area contributed by atoms with Crippen LogP contribution in [0.25, 0.3) is 0 Å². The van der Waals surface area contributed by atoms with Gasteiger partial charge in [0.2, 0.25) is 0 Å². The molecule has 0 saturated heterocycles. The highest BCUT2D eigenvalue weighted by Crippen LogP contribution is 2.10. The van der Waals surface area contributed by atoms with Crippen LogP contribution in [0.3, 0.4) is 0 Å². The molecule has 2 rings (SSSR count). The summed E-state index contributed by atoms with van der Waals surface area (Å²) < 4.78 is 0. The maximum Gasteiger partial charge on any atom is 0.265 e. The van der Waals surface area contributed by atoms with Gasteiger partial charge in [-0.2, -0.15) is 0 Å². The molecule has 0 radical (unpaired) electrons. The second kappa shape index (κ2) is 7.46. The highest BCUT2D eigenvalue weighted by molar-refractivity contribution is 5.93. The zero-order valence-corrected chi connectivity index (χ0v) is 11.5. The van der Waals surface area contributed by atoms with E-state index < -0.39 is 0 Å². The lowest BCUT2D eigenvalue weighted by atomic mass is 10.0. The summed E-state index contributed by atoms with van der Waals surface area (Å²) in [4.78, 5) is 11.3. The first-order valence-electron chi connectivity index (χ1n) is 6.93. The van der Waals surface area contributed by atoms with E-state index in [0.29, 0.717) is 5.56 Å². The SMILES string of the molecule is NNC(=O)c1ccc(CCCCc2ccccc2)cc1. The van der Waals surface area contributed by atoms with Crippen molar-refractivity contribution < 1.29 is 4.79 Å². The zero-order chi connectivity index (χ0) is 14.2. The lowest BCUT2D eigenvalue weighted by Crippen LogP contribution is -2.29. The van der Waals surface area contributed by atoms with Crippen molar-refractivity contribution >= 4 is 5.91 Å². The van der Waals surface area contributed by atoms with Crippen LogP contribution in [0.5, 0.6) is 0 Å². The highest BCUT2D eigenvalue weighted by atomic mass is 16.2. The van der Waals surface area contributed by atoms with Crippen LogP contribution in [0.4, 0.5) is 0 Å². The minimum Gasteiger partial charge on any atom is -0.290 e. The molecule has 0 fully saturated rings. The molecule has 3 heteroatoms. The van der Waals surface area contributed by atoms with E-state index in [4.69, 9.17) is 5.84 Å². The van der Waals surface area contributed by atoms with Crippen molar-refractivity contribution in [2.45, 2.75) is 25.7 Å². The Hall–Kier alpha value is -2.13. The van der Waals surface area contributed by atoms with Crippen molar-refractivity contribution in [3.05, 3.63) is 71.3 Å². The summed E-state index contributed by atoms with van der Waals surface area (Å²) in [6.45, 7) is 0. The van der Waals surface area contributed by atoms with Crippen LogP contribution >= 0.6 is 0 Å². The van der Waals surface area contributed by atoms with E-state index >= 15 is 0 Å². The van der Waals surface area contributed by atoms with Gasteiger partial charge in [-0.3, -0.25) is 10.2 Å². The first-order chi connectivity index (χ1) is 9.79. The van der Waals surface area contributed by atoms with Gasteiger partial charge in [0, 0.05) is 5.56 Å². The van der Waals surface area contributed by atoms with E-state index in [-0.39, 0.29) is 5.91 Å². The minimum absolute atomic E-state index is 0.249. The molecular formula is C17H20N2O. The number of benzene rings is 2. The number of amides is 1. The first kappa shape index (κ1) is 14.3. The summed E-state index contributed by atoms with van der Waals surface area (Å²) in [5.41, 5.74) is 5.38. The van der Waals surface area contributed by atoms with Crippen LogP contribution in [0, 0.1) is 0 Å². The normalized spacial score (nSPS) is 10.2. The smallest absolute Gasteiger partial charge is 0.265 e. The molecule has 2 aromatic carbocycles. The molecule has 0 atom stereocenters. The Balaban J connectivity index is 1.75. The fourth-order valence-corrected chi connectivity index (χ4v) is 2.21. The molecular weight excluding hydrogens is 248 g/mol. The van der Waals surface area contributed by atoms with E-state index in [1.807, 2.05) is 30.3 Å². The van der Waals surface area contributed by atoms with Crippen molar-refractivity contribution in [2.24, 2.45) is 5.84 Å². The second-order valence-corrected chi connectivity index (χ2v) is 4.86. The average molecular weight is 268 g/mol. The van der Waals surface area contributed by atoms with Gasteiger partial charge >= 0.3 is 0 Å². The molecule has 0 aliphatic rings. The Labute approximate surface area is 119 Å². The Kier molecular flexibility index (Phi) is 5.33. The standard InChI is InChI=1S/C17H20N2O/c18-19-17(20)16-12-10-15(11-13-16)9-5-4-8-14-6-2-1-3-7-14/h1-3,6-7,10-13H,4-5,8-9,18H2,(H,19,20). The Morgan fingerprint density at radius 1 is 0.850 bits per heavy atom. The van der Waals surface area contributed by atoms with E-state index in [2.05, 4.69) is 29.7 Å². The maximum absolute atomic E-state index is 11.3. The predicted octanol–water partition coefficient (Wildman–Crippen LogP) is 2.86. The zero-order valence-electron chi connectivity index (χ0n) is 11.5. The van der Waals surface area contributed by atoms with E-state index in [0.717, 1.165) is 19.3 Å². The number of hydrogen-bond acceptors (Lipinski definition) is 2. The van der Waals surface area contributed by atoms with E-state index in [9.17, 15) is 4.79 Å². The van der Waals surface area contributed by atoms with E-state index in [1.54, 1.807) is 0 Å². The van der Waals surface area contributed by atoms with E-state index in [1.165, 1.54) is 17.5 Å². The fourth-order valence-electron chi connectivity index (χ4n) is 2.21. The largest absolute Gasteiger partial charge is 0.290 e. The number of hydrazine groups is 1. The quantitative estimate of drug-likeness (QED) is 0.366. The molecule has 0 aliphatic heterocycles. The number of nitrogens with one attached hydrogen (secondary N) is 1. The molecule has 1 amide bonds. The third-order valence-electron chi connectivity index (χ3n) is 3.37. The van der Waals surface area contributed by atoms with Crippen LogP contribution in [0.15, 0.2) is 54.6 Å². The maximum atomic E-state index is 11.3. The number of nitrogens with two attached hydrogens (primary N) is 1. The molecule has 0 saturated carbocycles. The van der Waals surface area contributed by atoms with Crippen LogP contribution in [0.2, 0.25) is 0 Å². The highest BCUT2D eigenvalue weighted by Gasteiger charge is 2.02. The molecule has 3 nitrogen and oxygen atoms in total. The Bertz CT molecular complexity index is 535. The molecule has 0 unspecified atom stereocenters. The summed E-state index contributed by atoms with van der Waals surface area (Å²) in [5, 5.41) is 0. The van der Waals surface area contributed by atoms with Crippen LogP contribution in [-0.4, -0.2) is 5.91 Å². The number of aryl methyl sites for hydroxylation is 2. The van der Waals surface area contributed by atoms with Crippen LogP contribution in [-0.2, 0) is 12.8 Å². The Morgan fingerprint density at radius 2 is 1.40 bits per heavy atom. The van der Waals surface area contributed by atoms with Crippen LogP contribution in [0.1, 0.15) is 34.3 Å². The summed E-state index contributed by atoms with van der Waals surface area (Å²) in [6, 6.07) is 18.2. The van der Waals surface area contributed by atoms with Crippen molar-refractivity contribution in [1.82, 2.24) is 5.43 Å². The monoisotopic (exact) mass is 268 g/mol. The number of carbonyl (C=O) groups is 1. The number of hydrogen-bond donors (Lipinski definition) is 2. The number of unbranched alkanes of at least 4 members (excludes halogenated alkanes) is 1. The predicted molar refractivity (Wildman–Crippen MR) is 81.2 cm³/mol. The summed E-state index contributed by atoms with van der Waals surface area (Å²) in [7, 11) is 0. The lowest BCUT2D eigenvalue weighted by molar-refractivity contribution is 0.0953. The van der Waals surface area contributed by atoms with Gasteiger partial charge in [-0.05, 0) is 48.9 Å². The molecule has 20 heavy (non-hydrogen) atoms. The molecule has 104 valence electrons. The third-order valence-corrected chi connectivity index (χ3v) is 3.37. The summed E-state index contributed by atoms with van der Waals surface area (Å²) in [5.74, 6) is 4.85. The molecule has 0 aromatic heterocycles. The van der Waals surface area contributed by atoms with Gasteiger partial charge in [-0.15, -0.1) is 0 Å². The topological polar surface area (TPSA) is 55.1 Å². The Morgan fingerprint density at radius 3 is 1.95 bits per heavy atom. The lowest BCUT2D eigenvalue weighted by Gasteiger charge is -2.04. The molecule has 2 aromatic rings. The van der Waals surface area contributed by atoms with Gasteiger partial charge in [-0.1, -0.05) is 42.5 Å². The van der Waals surface area contributed by atoms with Gasteiger partial charge < -0.3 is 0 Å². The average Bonchev–Trinajstić information content (AvgIpc) is 2.52. The third kappa shape index (κ3) is 4.21. The number of carbonyl (C=O) groups excluding carboxylic acids is 1. The number of nitrogen functional groups attached to an aromatic ring is 1. The van der Waals surface area contributed by atoms with Gasteiger partial charge in [0.15, 0.2) is 0 Å². The van der Waals surface area contributed by atoms with Crippen molar-refractivity contribution in [3.8, 4) is 0 Å². The number of rotatable bonds is 6. The summed E-state index contributed by atoms with van der Waals surface area (Å²) in [6.07, 6.45) is 4.48. The first-order valence-corrected chi connectivity index (χ1v) is 6.93. The van der Waals surface area contributed by atoms with Crippen molar-refractivity contribution in [1.29, 1.82) is 0 Å². The van der Waals surface area contributed by atoms with Crippen LogP contribution < -0.4 is 11.3 Å². The molecule has 0 heterocycles. The van der Waals surface area contributed by atoms with Gasteiger partial charge in [0.25, 0.3) is 5.91 Å². The van der Waals surface area contributed by atoms with Gasteiger partial charge in [-0.25, -0.2) is 5.84 Å². The van der Waals surface area contributed by atoms with Gasteiger partial charge in [0.05, 0.1) is 0 Å². The molecule has 3 N–H and O–H groups in total. The fraction of sp³-hybridized carbons (Fsp3) is 0.235. The minimum atomic E-state index is -0.249. The molecule has 0 bridgehead atoms. The van der Waals surface area contributed by atoms with Crippen molar-refractivity contribution in [3.63, 3.8) is 0 Å².